The molecule has 0 radical (unpaired) electrons. The van der Waals surface area contributed by atoms with Crippen LogP contribution in [0.25, 0.3) is 11.1 Å². The van der Waals surface area contributed by atoms with E-state index in [1.54, 1.807) is 60.7 Å². The van der Waals surface area contributed by atoms with E-state index < -0.39 is 53.6 Å². The molecular weight excluding hydrogens is 729 g/mol. The predicted molar refractivity (Wildman–Crippen MR) is 211 cm³/mol. The zero-order valence-electron chi connectivity index (χ0n) is 31.5. The Balaban J connectivity index is 1.05. The Hall–Kier alpha value is -6.70. The number of hydrogen-bond donors (Lipinski definition) is 6. The molecule has 14 heteroatoms. The lowest BCUT2D eigenvalue weighted by Crippen LogP contribution is -2.48. The first-order valence-electron chi connectivity index (χ1n) is 18.9. The van der Waals surface area contributed by atoms with Gasteiger partial charge in [0, 0.05) is 29.9 Å². The number of fused-ring (bicyclic) bond motifs is 3. The van der Waals surface area contributed by atoms with Gasteiger partial charge in [-0.05, 0) is 83.3 Å². The highest BCUT2D eigenvalue weighted by Gasteiger charge is 2.41. The molecule has 4 aromatic rings. The van der Waals surface area contributed by atoms with Gasteiger partial charge in [0.05, 0.1) is 0 Å². The molecular formula is C43H44N6O8. The van der Waals surface area contributed by atoms with Crippen LogP contribution in [0.1, 0.15) is 73.9 Å². The molecule has 3 aliphatic rings. The summed E-state index contributed by atoms with van der Waals surface area (Å²) in [6, 6.07) is 24.6. The Morgan fingerprint density at radius 1 is 0.596 bits per heavy atom. The second kappa shape index (κ2) is 15.8. The highest BCUT2D eigenvalue weighted by Crippen LogP contribution is 2.50. The zero-order chi connectivity index (χ0) is 40.4. The molecule has 57 heavy (non-hydrogen) atoms. The molecule has 2 heterocycles. The molecule has 7 rings (SSSR count). The van der Waals surface area contributed by atoms with Crippen molar-refractivity contribution < 1.29 is 39.0 Å². The van der Waals surface area contributed by atoms with Crippen molar-refractivity contribution in [3.8, 4) is 11.1 Å². The monoisotopic (exact) mass is 772 g/mol. The number of nitrogens with one attached hydrogen (secondary N) is 4. The summed E-state index contributed by atoms with van der Waals surface area (Å²) < 4.78 is 0. The van der Waals surface area contributed by atoms with Gasteiger partial charge < -0.3 is 41.3 Å². The summed E-state index contributed by atoms with van der Waals surface area (Å²) in [4.78, 5) is 81.0. The number of carboxylic acid groups (broad SMARTS) is 2. The van der Waals surface area contributed by atoms with E-state index in [9.17, 15) is 39.0 Å². The molecule has 0 bridgehead atoms. The minimum absolute atomic E-state index is 0.318. The van der Waals surface area contributed by atoms with Crippen LogP contribution in [0, 0.1) is 0 Å². The molecule has 1 unspecified atom stereocenters. The summed E-state index contributed by atoms with van der Waals surface area (Å²) in [6.45, 7) is 4.75. The molecule has 6 N–H and O–H groups in total. The van der Waals surface area contributed by atoms with Crippen LogP contribution in [0.2, 0.25) is 0 Å². The summed E-state index contributed by atoms with van der Waals surface area (Å²) in [6.07, 6.45) is -0.634. The molecule has 2 fully saturated rings. The van der Waals surface area contributed by atoms with E-state index in [1.165, 1.54) is 9.80 Å². The van der Waals surface area contributed by atoms with E-state index in [-0.39, 0.29) is 11.8 Å². The van der Waals surface area contributed by atoms with E-state index >= 15 is 0 Å². The molecule has 2 saturated heterocycles. The number of rotatable bonds is 10. The lowest BCUT2D eigenvalue weighted by Gasteiger charge is -2.29. The standard InChI is InChI=1S/C43H44N6O8/c1-43(2)31-23-27(44-37(50)33-15-9-21-48(33)39(52)35(46-41(54)55)25-11-5-3-6-12-25)17-19-29(31)30-20-18-28(24-32(30)43)45-38(51)34-16-10-22-49(34)40(53)36(47-42(56)57)26-13-7-4-8-14-26/h3-8,11-14,17-20,23-24,33-36,46-47H,9-10,15-16,21-22H2,1-2H3,(H,44,50)(H,45,51)(H,54,55)(H,56,57)/t33-,34?,35+,36+/m0/s1. The highest BCUT2D eigenvalue weighted by molar-refractivity contribution is 6.01. The van der Waals surface area contributed by atoms with E-state index in [0.717, 1.165) is 22.3 Å². The molecule has 0 saturated carbocycles. The van der Waals surface area contributed by atoms with Gasteiger partial charge in [-0.25, -0.2) is 9.59 Å². The maximum atomic E-state index is 13.7. The third-order valence-corrected chi connectivity index (χ3v) is 11.2. The zero-order valence-corrected chi connectivity index (χ0v) is 31.5. The third-order valence-electron chi connectivity index (χ3n) is 11.2. The summed E-state index contributed by atoms with van der Waals surface area (Å²) >= 11 is 0. The summed E-state index contributed by atoms with van der Waals surface area (Å²) in [5.74, 6) is -1.72. The van der Waals surface area contributed by atoms with Gasteiger partial charge in [0.1, 0.15) is 24.2 Å². The Morgan fingerprint density at radius 3 is 1.35 bits per heavy atom. The van der Waals surface area contributed by atoms with Gasteiger partial charge >= 0.3 is 12.2 Å². The van der Waals surface area contributed by atoms with Crippen LogP contribution in [0.3, 0.4) is 0 Å². The molecule has 6 amide bonds. The fourth-order valence-corrected chi connectivity index (χ4v) is 8.40. The van der Waals surface area contributed by atoms with Gasteiger partial charge in [0.25, 0.3) is 11.8 Å². The first kappa shape index (κ1) is 38.6. The van der Waals surface area contributed by atoms with Crippen molar-refractivity contribution in [1.29, 1.82) is 0 Å². The van der Waals surface area contributed by atoms with Crippen LogP contribution < -0.4 is 21.3 Å². The topological polar surface area (TPSA) is 197 Å². The van der Waals surface area contributed by atoms with Crippen molar-refractivity contribution in [3.05, 3.63) is 119 Å². The lowest BCUT2D eigenvalue weighted by molar-refractivity contribution is -0.138. The van der Waals surface area contributed by atoms with E-state index in [4.69, 9.17) is 0 Å². The molecule has 2 aliphatic heterocycles. The molecule has 1 aliphatic carbocycles. The van der Waals surface area contributed by atoms with Crippen LogP contribution in [-0.2, 0) is 24.6 Å². The Morgan fingerprint density at radius 2 is 0.982 bits per heavy atom. The number of amides is 6. The normalized spacial score (nSPS) is 18.8. The minimum Gasteiger partial charge on any atom is -0.465 e. The third kappa shape index (κ3) is 7.75. The Kier molecular flexibility index (Phi) is 10.7. The van der Waals surface area contributed by atoms with Gasteiger partial charge in [-0.2, -0.15) is 0 Å². The van der Waals surface area contributed by atoms with Gasteiger partial charge in [-0.3, -0.25) is 19.2 Å². The second-order valence-electron chi connectivity index (χ2n) is 15.1. The Labute approximate surface area is 329 Å². The number of carbonyl (C=O) groups excluding carboxylic acids is 4. The van der Waals surface area contributed by atoms with E-state index in [1.807, 2.05) is 36.4 Å². The molecule has 4 atom stereocenters. The summed E-state index contributed by atoms with van der Waals surface area (Å²) in [5.41, 5.74) is 5.39. The average molecular weight is 773 g/mol. The molecule has 294 valence electrons. The number of carbonyl (C=O) groups is 6. The van der Waals surface area contributed by atoms with Crippen LogP contribution in [-0.4, -0.2) is 81.0 Å². The first-order valence-corrected chi connectivity index (χ1v) is 18.9. The number of likely N-dealkylation sites (tertiary alicyclic amines) is 2. The number of anilines is 2. The molecule has 4 aromatic carbocycles. The van der Waals surface area contributed by atoms with E-state index in [2.05, 4.69) is 35.1 Å². The summed E-state index contributed by atoms with van der Waals surface area (Å²) in [5, 5.41) is 29.6. The number of nitrogens with zero attached hydrogens (tertiary/aromatic N) is 2. The minimum atomic E-state index is -1.34. The smallest absolute Gasteiger partial charge is 0.405 e. The number of hydrogen-bond acceptors (Lipinski definition) is 6. The van der Waals surface area contributed by atoms with Crippen LogP contribution in [0.15, 0.2) is 97.1 Å². The summed E-state index contributed by atoms with van der Waals surface area (Å²) in [7, 11) is 0. The maximum Gasteiger partial charge on any atom is 0.405 e. The lowest BCUT2D eigenvalue weighted by atomic mass is 9.82. The molecule has 0 aromatic heterocycles. The fraction of sp³-hybridized carbons (Fsp3) is 0.302. The van der Waals surface area contributed by atoms with Gasteiger partial charge in [-0.1, -0.05) is 86.6 Å². The van der Waals surface area contributed by atoms with Crippen molar-refractivity contribution in [1.82, 2.24) is 20.4 Å². The van der Waals surface area contributed by atoms with Crippen molar-refractivity contribution in [2.45, 2.75) is 69.1 Å². The van der Waals surface area contributed by atoms with Crippen molar-refractivity contribution in [3.63, 3.8) is 0 Å². The molecule has 0 spiro atoms. The van der Waals surface area contributed by atoms with Crippen LogP contribution >= 0.6 is 0 Å². The SMILES string of the molecule is CC1(C)c2cc(NC(=O)C3CCCN3C(=O)[C@H](NC(=O)O)c3ccccc3)ccc2-c2ccc(NC(=O)[C@@H]3CCCN3C(=O)[C@H](NC(=O)O)c3ccccc3)cc21. The molecule has 14 nitrogen and oxygen atoms in total. The predicted octanol–water partition coefficient (Wildman–Crippen LogP) is 5.87. The Bertz CT molecular complexity index is 2070. The maximum absolute atomic E-state index is 13.7. The largest absolute Gasteiger partial charge is 0.465 e. The number of benzene rings is 4. The van der Waals surface area contributed by atoms with Crippen molar-refractivity contribution in [2.24, 2.45) is 0 Å². The van der Waals surface area contributed by atoms with Crippen molar-refractivity contribution in [2.75, 3.05) is 23.7 Å². The van der Waals surface area contributed by atoms with Crippen LogP contribution in [0.4, 0.5) is 21.0 Å². The van der Waals surface area contributed by atoms with Gasteiger partial charge in [0.15, 0.2) is 0 Å². The quantitative estimate of drug-likeness (QED) is 0.115. The first-order chi connectivity index (χ1) is 27.3. The average Bonchev–Trinajstić information content (AvgIpc) is 3.94. The fourth-order valence-electron chi connectivity index (χ4n) is 8.40. The van der Waals surface area contributed by atoms with Gasteiger partial charge in [-0.15, -0.1) is 0 Å². The highest BCUT2D eigenvalue weighted by atomic mass is 16.4. The second-order valence-corrected chi connectivity index (χ2v) is 15.1. The van der Waals surface area contributed by atoms with Crippen LogP contribution in [0.5, 0.6) is 0 Å². The van der Waals surface area contributed by atoms with Crippen molar-refractivity contribution >= 4 is 47.2 Å². The van der Waals surface area contributed by atoms with E-state index in [0.29, 0.717) is 61.3 Å². The van der Waals surface area contributed by atoms with Gasteiger partial charge in [0.2, 0.25) is 11.8 Å².